The summed E-state index contributed by atoms with van der Waals surface area (Å²) in [7, 11) is -1.75. The van der Waals surface area contributed by atoms with Crippen molar-refractivity contribution in [3.05, 3.63) is 88.5 Å². The molecule has 0 unspecified atom stereocenters. The molecule has 1 aromatic heterocycles. The van der Waals surface area contributed by atoms with Crippen LogP contribution in [0.5, 0.6) is 0 Å². The van der Waals surface area contributed by atoms with Crippen molar-refractivity contribution >= 4 is 7.49 Å². The van der Waals surface area contributed by atoms with Gasteiger partial charge in [-0.05, 0) is 65.5 Å². The van der Waals surface area contributed by atoms with E-state index >= 15 is 0 Å². The SMILES string of the molecule is CC.Cc1cc(-c2ccc(CCc3cccc(CC[P+](C)(C)O)c3)cc2CC(C)(C)C)c(F)cn1. The van der Waals surface area contributed by atoms with E-state index in [9.17, 15) is 9.28 Å². The molecule has 0 aliphatic rings. The molecule has 190 valence electrons. The van der Waals surface area contributed by atoms with Crippen LogP contribution in [-0.2, 0) is 25.7 Å². The molecule has 0 bridgehead atoms. The van der Waals surface area contributed by atoms with E-state index in [2.05, 4.69) is 68.2 Å². The maximum absolute atomic E-state index is 14.6. The zero-order valence-corrected chi connectivity index (χ0v) is 23.8. The molecule has 0 saturated heterocycles. The van der Waals surface area contributed by atoms with Crippen LogP contribution in [0.25, 0.3) is 11.1 Å². The fourth-order valence-corrected chi connectivity index (χ4v) is 4.97. The molecule has 2 aromatic carbocycles. The summed E-state index contributed by atoms with van der Waals surface area (Å²) in [5.41, 5.74) is 7.60. The summed E-state index contributed by atoms with van der Waals surface area (Å²) in [5.74, 6) is -0.270. The number of pyridine rings is 1. The third-order valence-electron chi connectivity index (χ3n) is 5.81. The van der Waals surface area contributed by atoms with E-state index < -0.39 is 7.49 Å². The number of aromatic nitrogens is 1. The van der Waals surface area contributed by atoms with Gasteiger partial charge in [0, 0.05) is 17.7 Å². The largest absolute Gasteiger partial charge is 0.259 e. The molecule has 0 radical (unpaired) electrons. The monoisotopic (exact) mass is 496 g/mol. The Morgan fingerprint density at radius 3 is 2.06 bits per heavy atom. The molecule has 3 aromatic rings. The Balaban J connectivity index is 0.00000210. The van der Waals surface area contributed by atoms with Gasteiger partial charge in [0.05, 0.1) is 25.7 Å². The van der Waals surface area contributed by atoms with Crippen LogP contribution in [0.4, 0.5) is 4.39 Å². The predicted molar refractivity (Wildman–Crippen MR) is 152 cm³/mol. The molecule has 1 N–H and O–H groups in total. The summed E-state index contributed by atoms with van der Waals surface area (Å²) in [6.07, 6.45) is 5.89. The maximum Gasteiger partial charge on any atom is 0.149 e. The summed E-state index contributed by atoms with van der Waals surface area (Å²) >= 11 is 0. The van der Waals surface area contributed by atoms with Crippen LogP contribution in [0.3, 0.4) is 0 Å². The second kappa shape index (κ2) is 12.7. The minimum absolute atomic E-state index is 0.101. The minimum atomic E-state index is -1.75. The van der Waals surface area contributed by atoms with Gasteiger partial charge in [0.2, 0.25) is 0 Å². The first-order chi connectivity index (χ1) is 16.4. The molecular weight excluding hydrogens is 452 g/mol. The number of hydrogen-bond donors (Lipinski definition) is 1. The molecule has 0 aliphatic carbocycles. The van der Waals surface area contributed by atoms with E-state index in [0.29, 0.717) is 5.56 Å². The Hall–Kier alpha value is -2.09. The quantitative estimate of drug-likeness (QED) is 0.318. The van der Waals surface area contributed by atoms with Gasteiger partial charge in [-0.2, -0.15) is 0 Å². The van der Waals surface area contributed by atoms with Crippen molar-refractivity contribution in [1.29, 1.82) is 0 Å². The summed E-state index contributed by atoms with van der Waals surface area (Å²) in [5, 5.41) is 0. The first-order valence-electron chi connectivity index (χ1n) is 12.8. The highest BCUT2D eigenvalue weighted by Gasteiger charge is 2.20. The molecule has 0 aliphatic heterocycles. The van der Waals surface area contributed by atoms with Gasteiger partial charge < -0.3 is 0 Å². The first-order valence-corrected chi connectivity index (χ1v) is 15.6. The van der Waals surface area contributed by atoms with E-state index in [1.807, 2.05) is 40.2 Å². The number of rotatable bonds is 8. The highest BCUT2D eigenvalue weighted by atomic mass is 31.2. The average molecular weight is 497 g/mol. The Kier molecular flexibility index (Phi) is 10.6. The van der Waals surface area contributed by atoms with Crippen molar-refractivity contribution in [3.8, 4) is 11.1 Å². The molecule has 1 heterocycles. The van der Waals surface area contributed by atoms with E-state index in [4.69, 9.17) is 0 Å². The summed E-state index contributed by atoms with van der Waals surface area (Å²) in [6.45, 7) is 16.5. The fourth-order valence-electron chi connectivity index (χ4n) is 4.16. The summed E-state index contributed by atoms with van der Waals surface area (Å²) in [6, 6.07) is 17.1. The van der Waals surface area contributed by atoms with Crippen LogP contribution in [0, 0.1) is 18.2 Å². The second-order valence-corrected chi connectivity index (χ2v) is 14.6. The average Bonchev–Trinajstić information content (AvgIpc) is 2.78. The van der Waals surface area contributed by atoms with Crippen molar-refractivity contribution in [2.24, 2.45) is 5.41 Å². The fraction of sp³-hybridized carbons (Fsp3) is 0.452. The van der Waals surface area contributed by atoms with Crippen LogP contribution >= 0.6 is 7.49 Å². The van der Waals surface area contributed by atoms with Crippen LogP contribution < -0.4 is 0 Å². The Morgan fingerprint density at radius 2 is 1.46 bits per heavy atom. The lowest BCUT2D eigenvalue weighted by Crippen LogP contribution is -2.11. The van der Waals surface area contributed by atoms with Gasteiger partial charge in [0.1, 0.15) is 13.3 Å². The Morgan fingerprint density at radius 1 is 0.857 bits per heavy atom. The number of halogens is 1. The topological polar surface area (TPSA) is 33.1 Å². The smallest absolute Gasteiger partial charge is 0.149 e. The predicted octanol–water partition coefficient (Wildman–Crippen LogP) is 8.32. The highest BCUT2D eigenvalue weighted by molar-refractivity contribution is 7.68. The Labute approximate surface area is 213 Å². The van der Waals surface area contributed by atoms with Gasteiger partial charge in [0.25, 0.3) is 0 Å². The first kappa shape index (κ1) is 29.1. The van der Waals surface area contributed by atoms with Crippen LogP contribution in [0.1, 0.15) is 62.6 Å². The van der Waals surface area contributed by atoms with Crippen LogP contribution in [-0.4, -0.2) is 29.4 Å². The molecule has 4 heteroatoms. The zero-order valence-electron chi connectivity index (χ0n) is 23.0. The maximum atomic E-state index is 14.6. The minimum Gasteiger partial charge on any atom is -0.259 e. The molecule has 35 heavy (non-hydrogen) atoms. The van der Waals surface area contributed by atoms with Gasteiger partial charge in [-0.15, -0.1) is 0 Å². The molecule has 3 rings (SSSR count). The third-order valence-corrected chi connectivity index (χ3v) is 7.13. The lowest BCUT2D eigenvalue weighted by molar-refractivity contribution is 0.411. The highest BCUT2D eigenvalue weighted by Crippen LogP contribution is 2.46. The zero-order chi connectivity index (χ0) is 26.2. The van der Waals surface area contributed by atoms with Crippen LogP contribution in [0.2, 0.25) is 0 Å². The molecule has 2 nitrogen and oxygen atoms in total. The standard InChI is InChI=1S/C29H38FNOP.C2H6/c1-21-16-27(28(30)20-31-21)26-13-12-24(18-25(26)19-29(2,3)4)11-10-22-8-7-9-23(17-22)14-15-33(5,6)32;1-2/h7-9,12-13,16-18,20,32H,10-11,14-15,19H2,1-6H3;1-2H3/q+1;. The van der Waals surface area contributed by atoms with Gasteiger partial charge in [-0.1, -0.05) is 77.1 Å². The van der Waals surface area contributed by atoms with E-state index in [1.165, 1.54) is 28.5 Å². The van der Waals surface area contributed by atoms with Crippen LogP contribution in [0.15, 0.2) is 54.7 Å². The summed E-state index contributed by atoms with van der Waals surface area (Å²) < 4.78 is 14.6. The van der Waals surface area contributed by atoms with E-state index in [0.717, 1.165) is 43.1 Å². The Bertz CT molecular complexity index is 1100. The van der Waals surface area contributed by atoms with Crippen molar-refractivity contribution < 1.29 is 9.28 Å². The van der Waals surface area contributed by atoms with Gasteiger partial charge >= 0.3 is 0 Å². The number of benzene rings is 2. The lowest BCUT2D eigenvalue weighted by Gasteiger charge is -2.22. The number of nitrogens with zero attached hydrogens (tertiary/aromatic N) is 1. The van der Waals surface area contributed by atoms with Crippen molar-refractivity contribution in [2.45, 2.75) is 67.2 Å². The van der Waals surface area contributed by atoms with Gasteiger partial charge in [-0.25, -0.2) is 4.39 Å². The molecule has 0 saturated carbocycles. The lowest BCUT2D eigenvalue weighted by atomic mass is 9.83. The number of aryl methyl sites for hydroxylation is 4. The van der Waals surface area contributed by atoms with E-state index in [1.54, 1.807) is 0 Å². The normalized spacial score (nSPS) is 11.7. The number of hydrogen-bond acceptors (Lipinski definition) is 2. The third kappa shape index (κ3) is 9.82. The molecule has 0 fully saturated rings. The molecule has 0 amide bonds. The molecule has 0 atom stereocenters. The van der Waals surface area contributed by atoms with Gasteiger partial charge in [-0.3, -0.25) is 9.88 Å². The van der Waals surface area contributed by atoms with Crippen molar-refractivity contribution in [1.82, 2.24) is 4.98 Å². The second-order valence-electron chi connectivity index (χ2n) is 10.9. The van der Waals surface area contributed by atoms with E-state index in [-0.39, 0.29) is 11.2 Å². The van der Waals surface area contributed by atoms with Crippen molar-refractivity contribution in [2.75, 3.05) is 19.5 Å². The molecular formula is C31H44FNOP+. The van der Waals surface area contributed by atoms with Gasteiger partial charge in [0.15, 0.2) is 0 Å². The molecule has 0 spiro atoms. The summed E-state index contributed by atoms with van der Waals surface area (Å²) in [4.78, 5) is 14.2. The van der Waals surface area contributed by atoms with Crippen molar-refractivity contribution in [3.63, 3.8) is 0 Å².